The van der Waals surface area contributed by atoms with Crippen molar-refractivity contribution in [1.29, 1.82) is 0 Å². The summed E-state index contributed by atoms with van der Waals surface area (Å²) in [6.07, 6.45) is -0.164. The predicted octanol–water partition coefficient (Wildman–Crippen LogP) is 1.65. The molecule has 2 N–H and O–H groups in total. The molecule has 18 heavy (non-hydrogen) atoms. The van der Waals surface area contributed by atoms with E-state index in [1.165, 1.54) is 19.1 Å². The van der Waals surface area contributed by atoms with Crippen LogP contribution in [0.1, 0.15) is 17.3 Å². The van der Waals surface area contributed by atoms with E-state index in [0.717, 1.165) is 12.1 Å². The number of nitrogens with zero attached hydrogens (tertiary/aromatic N) is 1. The maximum atomic E-state index is 13.2. The van der Waals surface area contributed by atoms with E-state index >= 15 is 0 Å². The van der Waals surface area contributed by atoms with Crippen LogP contribution in [0.25, 0.3) is 0 Å². The van der Waals surface area contributed by atoms with Gasteiger partial charge in [0.2, 0.25) is 0 Å². The third-order valence-corrected chi connectivity index (χ3v) is 2.61. The van der Waals surface area contributed by atoms with E-state index in [-0.39, 0.29) is 11.7 Å². The van der Waals surface area contributed by atoms with E-state index in [2.05, 4.69) is 0 Å². The fourth-order valence-corrected chi connectivity index (χ4v) is 1.47. The van der Waals surface area contributed by atoms with Crippen LogP contribution in [0, 0.1) is 11.6 Å². The van der Waals surface area contributed by atoms with Crippen LogP contribution in [0.4, 0.5) is 14.5 Å². The van der Waals surface area contributed by atoms with E-state index in [1.807, 2.05) is 0 Å². The first kappa shape index (κ1) is 14.4. The first-order chi connectivity index (χ1) is 8.36. The number of rotatable bonds is 4. The minimum Gasteiger partial charge on any atom is -0.394 e. The maximum absolute atomic E-state index is 13.2. The van der Waals surface area contributed by atoms with Crippen molar-refractivity contribution in [1.82, 2.24) is 4.90 Å². The highest BCUT2D eigenvalue weighted by Gasteiger charge is 2.17. The first-order valence-electron chi connectivity index (χ1n) is 5.39. The van der Waals surface area contributed by atoms with Gasteiger partial charge in [-0.25, -0.2) is 8.78 Å². The number of nitrogen functional groups attached to an aromatic ring is 1. The van der Waals surface area contributed by atoms with Crippen LogP contribution < -0.4 is 5.73 Å². The summed E-state index contributed by atoms with van der Waals surface area (Å²) in [7, 11) is 3.05. The molecule has 0 heterocycles. The maximum Gasteiger partial charge on any atom is 0.253 e. The topological polar surface area (TPSA) is 55.6 Å². The van der Waals surface area contributed by atoms with Gasteiger partial charge in [-0.05, 0) is 19.1 Å². The van der Waals surface area contributed by atoms with Gasteiger partial charge in [-0.15, -0.1) is 0 Å². The molecular weight excluding hydrogens is 242 g/mol. The fourth-order valence-electron chi connectivity index (χ4n) is 1.47. The molecule has 0 saturated heterocycles. The Bertz CT molecular complexity index is 429. The van der Waals surface area contributed by atoms with Crippen molar-refractivity contribution in [3.63, 3.8) is 0 Å². The highest BCUT2D eigenvalue weighted by Crippen LogP contribution is 2.18. The third-order valence-electron chi connectivity index (χ3n) is 2.61. The minimum absolute atomic E-state index is 0.0787. The standard InChI is InChI=1S/C12H16F2N2O2/c1-7(18-3)6-16(2)12(17)8-4-9(13)11(15)10(14)5-8/h4-5,7H,6,15H2,1-3H3. The van der Waals surface area contributed by atoms with Crippen LogP contribution in [0.2, 0.25) is 0 Å². The van der Waals surface area contributed by atoms with Gasteiger partial charge in [-0.1, -0.05) is 0 Å². The monoisotopic (exact) mass is 258 g/mol. The number of carbonyl (C=O) groups is 1. The highest BCUT2D eigenvalue weighted by atomic mass is 19.1. The van der Waals surface area contributed by atoms with Crippen LogP contribution in [-0.2, 0) is 4.74 Å². The second-order valence-corrected chi connectivity index (χ2v) is 4.09. The molecule has 0 saturated carbocycles. The van der Waals surface area contributed by atoms with E-state index < -0.39 is 23.2 Å². The van der Waals surface area contributed by atoms with E-state index in [9.17, 15) is 13.6 Å². The summed E-state index contributed by atoms with van der Waals surface area (Å²) in [5.41, 5.74) is 4.47. The molecule has 0 spiro atoms. The number of methoxy groups -OCH3 is 1. The van der Waals surface area contributed by atoms with Crippen LogP contribution in [0.15, 0.2) is 12.1 Å². The lowest BCUT2D eigenvalue weighted by Crippen LogP contribution is -2.34. The first-order valence-corrected chi connectivity index (χ1v) is 5.39. The highest BCUT2D eigenvalue weighted by molar-refractivity contribution is 5.94. The zero-order chi connectivity index (χ0) is 13.9. The second kappa shape index (κ2) is 5.77. The molecule has 4 nitrogen and oxygen atoms in total. The summed E-state index contributed by atoms with van der Waals surface area (Å²) in [5, 5.41) is 0. The van der Waals surface area contributed by atoms with Gasteiger partial charge in [0.15, 0.2) is 0 Å². The van der Waals surface area contributed by atoms with Crippen molar-refractivity contribution in [3.05, 3.63) is 29.3 Å². The molecule has 0 aromatic heterocycles. The Morgan fingerprint density at radius 2 is 1.94 bits per heavy atom. The van der Waals surface area contributed by atoms with Gasteiger partial charge in [-0.2, -0.15) is 0 Å². The smallest absolute Gasteiger partial charge is 0.253 e. The number of ether oxygens (including phenoxy) is 1. The Balaban J connectivity index is 2.90. The molecule has 1 rings (SSSR count). The van der Waals surface area contributed by atoms with Gasteiger partial charge in [0, 0.05) is 26.3 Å². The molecule has 1 aromatic carbocycles. The van der Waals surface area contributed by atoms with Gasteiger partial charge >= 0.3 is 0 Å². The number of hydrogen-bond donors (Lipinski definition) is 1. The quantitative estimate of drug-likeness (QED) is 0.835. The summed E-state index contributed by atoms with van der Waals surface area (Å²) >= 11 is 0. The molecule has 0 aliphatic rings. The molecule has 1 unspecified atom stereocenters. The Hall–Kier alpha value is -1.69. The number of hydrogen-bond acceptors (Lipinski definition) is 3. The molecule has 0 bridgehead atoms. The van der Waals surface area contributed by atoms with E-state index in [4.69, 9.17) is 10.5 Å². The van der Waals surface area contributed by atoms with Crippen LogP contribution in [0.5, 0.6) is 0 Å². The number of anilines is 1. The lowest BCUT2D eigenvalue weighted by atomic mass is 10.1. The van der Waals surface area contributed by atoms with E-state index in [1.54, 1.807) is 6.92 Å². The average Bonchev–Trinajstić information content (AvgIpc) is 2.33. The Kier molecular flexibility index (Phi) is 4.61. The number of carbonyl (C=O) groups excluding carboxylic acids is 1. The van der Waals surface area contributed by atoms with Crippen molar-refractivity contribution in [3.8, 4) is 0 Å². The van der Waals surface area contributed by atoms with E-state index in [0.29, 0.717) is 6.54 Å². The number of halogens is 2. The zero-order valence-corrected chi connectivity index (χ0v) is 10.5. The van der Waals surface area contributed by atoms with Gasteiger partial charge in [0.05, 0.1) is 6.10 Å². The average molecular weight is 258 g/mol. The third kappa shape index (κ3) is 3.16. The molecule has 0 aliphatic heterocycles. The summed E-state index contributed by atoms with van der Waals surface area (Å²) in [6, 6.07) is 1.85. The second-order valence-electron chi connectivity index (χ2n) is 4.09. The van der Waals surface area contributed by atoms with Gasteiger partial charge in [0.1, 0.15) is 17.3 Å². The molecule has 1 aromatic rings. The SMILES string of the molecule is COC(C)CN(C)C(=O)c1cc(F)c(N)c(F)c1. The van der Waals surface area contributed by atoms with Crippen molar-refractivity contribution in [2.75, 3.05) is 26.4 Å². The number of amides is 1. The lowest BCUT2D eigenvalue weighted by Gasteiger charge is -2.21. The number of benzene rings is 1. The zero-order valence-electron chi connectivity index (χ0n) is 10.5. The van der Waals surface area contributed by atoms with Crippen LogP contribution in [-0.4, -0.2) is 37.6 Å². The van der Waals surface area contributed by atoms with Crippen molar-refractivity contribution < 1.29 is 18.3 Å². The van der Waals surface area contributed by atoms with Crippen molar-refractivity contribution >= 4 is 11.6 Å². The largest absolute Gasteiger partial charge is 0.394 e. The molecule has 0 fully saturated rings. The molecule has 1 amide bonds. The normalized spacial score (nSPS) is 12.3. The van der Waals surface area contributed by atoms with Gasteiger partial charge in [-0.3, -0.25) is 4.79 Å². The van der Waals surface area contributed by atoms with Crippen LogP contribution >= 0.6 is 0 Å². The Morgan fingerprint density at radius 3 is 2.39 bits per heavy atom. The Morgan fingerprint density at radius 1 is 1.44 bits per heavy atom. The molecule has 100 valence electrons. The fraction of sp³-hybridized carbons (Fsp3) is 0.417. The summed E-state index contributed by atoms with van der Waals surface area (Å²) in [5.74, 6) is -2.37. The van der Waals surface area contributed by atoms with Crippen LogP contribution in [0.3, 0.4) is 0 Å². The molecule has 0 radical (unpaired) electrons. The number of nitrogens with two attached hydrogens (primary N) is 1. The van der Waals surface area contributed by atoms with Crippen molar-refractivity contribution in [2.45, 2.75) is 13.0 Å². The minimum atomic E-state index is -0.938. The van der Waals surface area contributed by atoms with Gasteiger partial charge < -0.3 is 15.4 Å². The molecule has 0 aliphatic carbocycles. The predicted molar refractivity (Wildman–Crippen MR) is 64.2 cm³/mol. The number of likely N-dealkylation sites (N-methyl/N-ethyl adjacent to an activating group) is 1. The molecular formula is C12H16F2N2O2. The lowest BCUT2D eigenvalue weighted by molar-refractivity contribution is 0.0599. The summed E-state index contributed by atoms with van der Waals surface area (Å²) in [4.78, 5) is 13.2. The van der Waals surface area contributed by atoms with Crippen molar-refractivity contribution in [2.24, 2.45) is 0 Å². The summed E-state index contributed by atoms with van der Waals surface area (Å²) < 4.78 is 31.5. The Labute approximate surface area is 104 Å². The molecule has 6 heteroatoms. The summed E-state index contributed by atoms with van der Waals surface area (Å²) in [6.45, 7) is 2.11. The molecule has 1 atom stereocenters. The van der Waals surface area contributed by atoms with Gasteiger partial charge in [0.25, 0.3) is 5.91 Å².